The first-order valence-corrected chi connectivity index (χ1v) is 8.33. The number of urea groups is 1. The first-order chi connectivity index (χ1) is 10.7. The van der Waals surface area contributed by atoms with Crippen molar-refractivity contribution in [2.24, 2.45) is 0 Å². The molecule has 4 nitrogen and oxygen atoms in total. The Morgan fingerprint density at radius 2 is 2.00 bits per heavy atom. The Bertz CT molecular complexity index is 740. The fourth-order valence-corrected chi connectivity index (χ4v) is 4.45. The largest absolute Gasteiger partial charge is 0.325 e. The topological polar surface area (TPSA) is 49.4 Å². The molecule has 2 heterocycles. The number of hydrogen-bond donors (Lipinski definition) is 1. The summed E-state index contributed by atoms with van der Waals surface area (Å²) < 4.78 is 0. The number of imide groups is 1. The van der Waals surface area contributed by atoms with Crippen molar-refractivity contribution in [3.05, 3.63) is 57.8 Å². The summed E-state index contributed by atoms with van der Waals surface area (Å²) in [6.07, 6.45) is 2.61. The Balaban J connectivity index is 1.69. The summed E-state index contributed by atoms with van der Waals surface area (Å²) in [4.78, 5) is 28.0. The van der Waals surface area contributed by atoms with Crippen LogP contribution in [0.25, 0.3) is 0 Å². The molecule has 2 aliphatic rings. The molecule has 1 aliphatic carbocycles. The van der Waals surface area contributed by atoms with Gasteiger partial charge in [0.1, 0.15) is 5.54 Å². The molecule has 0 bridgehead atoms. The van der Waals surface area contributed by atoms with Gasteiger partial charge in [-0.25, -0.2) is 4.79 Å². The van der Waals surface area contributed by atoms with E-state index < -0.39 is 5.54 Å². The van der Waals surface area contributed by atoms with E-state index in [0.29, 0.717) is 13.0 Å². The SMILES string of the molecule is O=C1NC2(CCCc3sccc32)C(=O)N1Cc1ccccc1. The van der Waals surface area contributed by atoms with Gasteiger partial charge in [0.2, 0.25) is 0 Å². The Labute approximate surface area is 132 Å². The van der Waals surface area contributed by atoms with E-state index in [4.69, 9.17) is 0 Å². The van der Waals surface area contributed by atoms with Gasteiger partial charge in [-0.05, 0) is 36.3 Å². The minimum absolute atomic E-state index is 0.110. The lowest BCUT2D eigenvalue weighted by molar-refractivity contribution is -0.132. The second-order valence-corrected chi connectivity index (χ2v) is 6.82. The maximum atomic E-state index is 13.0. The number of carbonyl (C=O) groups is 2. The third kappa shape index (κ3) is 1.89. The Kier molecular flexibility index (Phi) is 3.04. The van der Waals surface area contributed by atoms with Crippen LogP contribution in [-0.4, -0.2) is 16.8 Å². The molecule has 1 aliphatic heterocycles. The molecule has 2 aromatic rings. The van der Waals surface area contributed by atoms with Crippen LogP contribution in [0.3, 0.4) is 0 Å². The molecule has 1 N–H and O–H groups in total. The molecule has 1 saturated heterocycles. The summed E-state index contributed by atoms with van der Waals surface area (Å²) in [6.45, 7) is 0.326. The quantitative estimate of drug-likeness (QED) is 0.867. The van der Waals surface area contributed by atoms with E-state index in [-0.39, 0.29) is 11.9 Å². The number of rotatable bonds is 2. The Morgan fingerprint density at radius 3 is 2.82 bits per heavy atom. The van der Waals surface area contributed by atoms with E-state index >= 15 is 0 Å². The van der Waals surface area contributed by atoms with Gasteiger partial charge < -0.3 is 5.32 Å². The van der Waals surface area contributed by atoms with Crippen molar-refractivity contribution in [3.63, 3.8) is 0 Å². The van der Waals surface area contributed by atoms with Crippen molar-refractivity contribution < 1.29 is 9.59 Å². The van der Waals surface area contributed by atoms with Crippen molar-refractivity contribution in [1.82, 2.24) is 10.2 Å². The number of thiophene rings is 1. The number of aryl methyl sites for hydroxylation is 1. The van der Waals surface area contributed by atoms with Gasteiger partial charge >= 0.3 is 6.03 Å². The van der Waals surface area contributed by atoms with Crippen LogP contribution in [0.4, 0.5) is 4.79 Å². The summed E-state index contributed by atoms with van der Waals surface area (Å²) in [7, 11) is 0. The van der Waals surface area contributed by atoms with Gasteiger partial charge in [0, 0.05) is 10.4 Å². The fourth-order valence-electron chi connectivity index (χ4n) is 3.45. The molecule has 5 heteroatoms. The second kappa shape index (κ2) is 4.95. The van der Waals surface area contributed by atoms with Crippen molar-refractivity contribution in [2.45, 2.75) is 31.3 Å². The van der Waals surface area contributed by atoms with Crippen molar-refractivity contribution in [2.75, 3.05) is 0 Å². The Morgan fingerprint density at radius 1 is 1.18 bits per heavy atom. The van der Waals surface area contributed by atoms with Crippen LogP contribution in [0.2, 0.25) is 0 Å². The monoisotopic (exact) mass is 312 g/mol. The zero-order valence-corrected chi connectivity index (χ0v) is 12.9. The van der Waals surface area contributed by atoms with Gasteiger partial charge in [-0.1, -0.05) is 30.3 Å². The van der Waals surface area contributed by atoms with Crippen LogP contribution >= 0.6 is 11.3 Å². The molecule has 4 rings (SSSR count). The molecule has 112 valence electrons. The van der Waals surface area contributed by atoms with Crippen molar-refractivity contribution in [1.29, 1.82) is 0 Å². The third-order valence-corrected chi connectivity index (χ3v) is 5.50. The second-order valence-electron chi connectivity index (χ2n) is 5.82. The van der Waals surface area contributed by atoms with Gasteiger partial charge in [-0.3, -0.25) is 9.69 Å². The van der Waals surface area contributed by atoms with Gasteiger partial charge in [-0.15, -0.1) is 11.3 Å². The summed E-state index contributed by atoms with van der Waals surface area (Å²) in [5, 5.41) is 4.99. The molecule has 22 heavy (non-hydrogen) atoms. The van der Waals surface area contributed by atoms with E-state index in [1.165, 1.54) is 9.78 Å². The molecule has 1 unspecified atom stereocenters. The predicted molar refractivity (Wildman–Crippen MR) is 84.5 cm³/mol. The van der Waals surface area contributed by atoms with Crippen molar-refractivity contribution in [3.8, 4) is 0 Å². The number of carbonyl (C=O) groups excluding carboxylic acids is 2. The van der Waals surface area contributed by atoms with Crippen molar-refractivity contribution >= 4 is 23.3 Å². The highest BCUT2D eigenvalue weighted by Gasteiger charge is 2.54. The van der Waals surface area contributed by atoms with E-state index in [1.54, 1.807) is 11.3 Å². The zero-order chi connectivity index (χ0) is 15.2. The Hall–Kier alpha value is -2.14. The van der Waals surface area contributed by atoms with Crippen LogP contribution in [0.15, 0.2) is 41.8 Å². The molecule has 1 atom stereocenters. The predicted octanol–water partition coefficient (Wildman–Crippen LogP) is 3.03. The number of nitrogens with one attached hydrogen (secondary N) is 1. The normalized spacial score (nSPS) is 23.7. The van der Waals surface area contributed by atoms with E-state index in [9.17, 15) is 9.59 Å². The first-order valence-electron chi connectivity index (χ1n) is 7.45. The summed E-state index contributed by atoms with van der Waals surface area (Å²) in [5.74, 6) is -0.110. The average Bonchev–Trinajstić information content (AvgIpc) is 3.10. The highest BCUT2D eigenvalue weighted by atomic mass is 32.1. The lowest BCUT2D eigenvalue weighted by Crippen LogP contribution is -2.45. The summed E-state index contributed by atoms with van der Waals surface area (Å²) >= 11 is 1.67. The number of amides is 3. The minimum Gasteiger partial charge on any atom is -0.319 e. The molecular weight excluding hydrogens is 296 g/mol. The lowest BCUT2D eigenvalue weighted by Gasteiger charge is -2.31. The standard InChI is InChI=1S/C17H16N2O2S/c20-15-17(9-4-7-14-13(17)8-10-22-14)18-16(21)19(15)11-12-5-2-1-3-6-12/h1-3,5-6,8,10H,4,7,9,11H2,(H,18,21). The molecule has 0 radical (unpaired) electrons. The minimum atomic E-state index is -0.834. The zero-order valence-electron chi connectivity index (χ0n) is 12.0. The first kappa shape index (κ1) is 13.5. The van der Waals surface area contributed by atoms with E-state index in [1.807, 2.05) is 41.8 Å². The number of benzene rings is 1. The number of nitrogens with zero attached hydrogens (tertiary/aromatic N) is 1. The highest BCUT2D eigenvalue weighted by Crippen LogP contribution is 2.42. The molecule has 0 saturated carbocycles. The van der Waals surface area contributed by atoms with Crippen LogP contribution in [0.5, 0.6) is 0 Å². The van der Waals surface area contributed by atoms with Gasteiger partial charge in [0.05, 0.1) is 6.54 Å². The summed E-state index contributed by atoms with van der Waals surface area (Å²) in [5.41, 5.74) is 1.13. The number of fused-ring (bicyclic) bond motifs is 2. The fraction of sp³-hybridized carbons (Fsp3) is 0.294. The molecule has 3 amide bonds. The van der Waals surface area contributed by atoms with Gasteiger partial charge in [0.25, 0.3) is 5.91 Å². The third-order valence-electron chi connectivity index (χ3n) is 4.52. The molecule has 1 aromatic heterocycles. The molecule has 1 fully saturated rings. The van der Waals surface area contributed by atoms with Crippen LogP contribution in [0.1, 0.15) is 28.8 Å². The smallest absolute Gasteiger partial charge is 0.319 e. The molecule has 1 aromatic carbocycles. The lowest BCUT2D eigenvalue weighted by atomic mass is 9.80. The number of hydrogen-bond acceptors (Lipinski definition) is 3. The van der Waals surface area contributed by atoms with E-state index in [0.717, 1.165) is 24.0 Å². The molecule has 1 spiro atoms. The molecular formula is C17H16N2O2S. The van der Waals surface area contributed by atoms with Crippen LogP contribution in [-0.2, 0) is 23.3 Å². The average molecular weight is 312 g/mol. The maximum Gasteiger partial charge on any atom is 0.325 e. The summed E-state index contributed by atoms with van der Waals surface area (Å²) in [6, 6.07) is 11.3. The highest BCUT2D eigenvalue weighted by molar-refractivity contribution is 7.10. The van der Waals surface area contributed by atoms with E-state index in [2.05, 4.69) is 5.32 Å². The van der Waals surface area contributed by atoms with Crippen LogP contribution in [0, 0.1) is 0 Å². The van der Waals surface area contributed by atoms with Gasteiger partial charge in [-0.2, -0.15) is 0 Å². The van der Waals surface area contributed by atoms with Gasteiger partial charge in [0.15, 0.2) is 0 Å². The maximum absolute atomic E-state index is 13.0. The van der Waals surface area contributed by atoms with Crippen LogP contribution < -0.4 is 5.32 Å².